The average molecular weight is 494 g/mol. The number of nitrogens with zero attached hydrogens (tertiary/aromatic N) is 6. The molecule has 1 aliphatic carbocycles. The van der Waals surface area contributed by atoms with Gasteiger partial charge in [-0.2, -0.15) is 5.10 Å². The molecular weight excluding hydrogens is 462 g/mol. The Kier molecular flexibility index (Phi) is 5.66. The van der Waals surface area contributed by atoms with Crippen molar-refractivity contribution >= 4 is 5.65 Å². The summed E-state index contributed by atoms with van der Waals surface area (Å²) in [5.74, 6) is 0.818. The molecule has 0 radical (unpaired) electrons. The number of aryl methyl sites for hydroxylation is 1. The largest absolute Gasteiger partial charge is 0.391 e. The lowest BCUT2D eigenvalue weighted by Gasteiger charge is -2.41. The van der Waals surface area contributed by atoms with Gasteiger partial charge in [-0.15, -0.1) is 0 Å². The van der Waals surface area contributed by atoms with Crippen LogP contribution in [0.3, 0.4) is 0 Å². The quantitative estimate of drug-likeness (QED) is 0.367. The van der Waals surface area contributed by atoms with E-state index in [-0.39, 0.29) is 11.6 Å². The third kappa shape index (κ3) is 4.32. The molecule has 6 rings (SSSR count). The highest BCUT2D eigenvalue weighted by Crippen LogP contribution is 2.40. The summed E-state index contributed by atoms with van der Waals surface area (Å²) in [6.07, 6.45) is 3.68. The van der Waals surface area contributed by atoms with Crippen LogP contribution in [-0.4, -0.2) is 51.2 Å². The number of aliphatic hydroxyl groups excluding tert-OH is 1. The minimum atomic E-state index is -0.473. The Morgan fingerprint density at radius 1 is 1.05 bits per heavy atom. The summed E-state index contributed by atoms with van der Waals surface area (Å²) in [5, 5.41) is 15.5. The van der Waals surface area contributed by atoms with Crippen LogP contribution in [0.25, 0.3) is 28.3 Å². The molecule has 0 unspecified atom stereocenters. The van der Waals surface area contributed by atoms with Crippen molar-refractivity contribution in [3.05, 3.63) is 89.8 Å². The fourth-order valence-electron chi connectivity index (χ4n) is 5.37. The van der Waals surface area contributed by atoms with Gasteiger partial charge in [0.15, 0.2) is 5.65 Å². The van der Waals surface area contributed by atoms with Gasteiger partial charge in [0.05, 0.1) is 35.8 Å². The van der Waals surface area contributed by atoms with Crippen molar-refractivity contribution in [3.63, 3.8) is 0 Å². The van der Waals surface area contributed by atoms with Crippen molar-refractivity contribution in [2.75, 3.05) is 0 Å². The van der Waals surface area contributed by atoms with E-state index in [9.17, 15) is 5.11 Å². The Morgan fingerprint density at radius 2 is 1.89 bits per heavy atom. The van der Waals surface area contributed by atoms with Crippen LogP contribution < -0.4 is 0 Å². The highest BCUT2D eigenvalue weighted by atomic mass is 16.3. The molecular formula is C29H31N7O. The molecule has 1 aliphatic rings. The molecule has 37 heavy (non-hydrogen) atoms. The minimum absolute atomic E-state index is 0.114. The molecule has 8 heteroatoms. The van der Waals surface area contributed by atoms with E-state index in [1.54, 1.807) is 10.8 Å². The Hall–Kier alpha value is -3.88. The fourth-order valence-corrected chi connectivity index (χ4v) is 5.37. The van der Waals surface area contributed by atoms with Crippen LogP contribution in [0.15, 0.2) is 67.1 Å². The second-order valence-corrected chi connectivity index (χ2v) is 10.8. The number of hydrogen-bond acceptors (Lipinski definition) is 6. The summed E-state index contributed by atoms with van der Waals surface area (Å²) in [4.78, 5) is 20.1. The zero-order valence-corrected chi connectivity index (χ0v) is 21.6. The lowest BCUT2D eigenvalue weighted by Crippen LogP contribution is -2.46. The SMILES string of the molecule is Cc1cccc(-c2[nH]c(CN([C@H]3c4ccccc4C[C@@H]3O)C(C)(C)C)nc2-c2ccc3ncnn3c2)n1. The van der Waals surface area contributed by atoms with E-state index in [0.29, 0.717) is 13.0 Å². The summed E-state index contributed by atoms with van der Waals surface area (Å²) in [6, 6.07) is 18.2. The molecule has 1 aromatic carbocycles. The van der Waals surface area contributed by atoms with Crippen LogP contribution in [-0.2, 0) is 13.0 Å². The molecule has 4 heterocycles. The Balaban J connectivity index is 1.45. The normalized spacial score (nSPS) is 17.6. The number of rotatable bonds is 5. The number of H-pyrrole nitrogens is 1. The summed E-state index contributed by atoms with van der Waals surface area (Å²) in [6.45, 7) is 9.09. The first-order valence-corrected chi connectivity index (χ1v) is 12.6. The molecule has 0 bridgehead atoms. The van der Waals surface area contributed by atoms with E-state index >= 15 is 0 Å². The minimum Gasteiger partial charge on any atom is -0.391 e. The number of benzene rings is 1. The number of hydrogen-bond donors (Lipinski definition) is 2. The van der Waals surface area contributed by atoms with Crippen LogP contribution in [0.5, 0.6) is 0 Å². The van der Waals surface area contributed by atoms with Crippen molar-refractivity contribution < 1.29 is 5.11 Å². The molecule has 0 fully saturated rings. The predicted octanol–water partition coefficient (Wildman–Crippen LogP) is 4.75. The monoisotopic (exact) mass is 493 g/mol. The first-order valence-electron chi connectivity index (χ1n) is 12.6. The van der Waals surface area contributed by atoms with Gasteiger partial charge < -0.3 is 10.1 Å². The van der Waals surface area contributed by atoms with Gasteiger partial charge in [-0.3, -0.25) is 9.88 Å². The van der Waals surface area contributed by atoms with Crippen molar-refractivity contribution in [1.29, 1.82) is 0 Å². The van der Waals surface area contributed by atoms with E-state index in [1.807, 2.05) is 49.5 Å². The van der Waals surface area contributed by atoms with Gasteiger partial charge in [0, 0.05) is 29.4 Å². The van der Waals surface area contributed by atoms with Gasteiger partial charge in [0.1, 0.15) is 12.2 Å². The lowest BCUT2D eigenvalue weighted by atomic mass is 9.98. The number of pyridine rings is 2. The maximum Gasteiger partial charge on any atom is 0.155 e. The van der Waals surface area contributed by atoms with Gasteiger partial charge >= 0.3 is 0 Å². The fraction of sp³-hybridized carbons (Fsp3) is 0.310. The first-order chi connectivity index (χ1) is 17.8. The van der Waals surface area contributed by atoms with E-state index in [4.69, 9.17) is 9.97 Å². The maximum absolute atomic E-state index is 11.2. The van der Waals surface area contributed by atoms with Crippen molar-refractivity contribution in [1.82, 2.24) is 34.4 Å². The molecule has 0 saturated carbocycles. The Bertz CT molecular complexity index is 1580. The van der Waals surface area contributed by atoms with Gasteiger partial charge in [0.2, 0.25) is 0 Å². The van der Waals surface area contributed by atoms with E-state index < -0.39 is 6.10 Å². The molecule has 8 nitrogen and oxygen atoms in total. The summed E-state index contributed by atoms with van der Waals surface area (Å²) >= 11 is 0. The zero-order valence-electron chi connectivity index (χ0n) is 21.6. The van der Waals surface area contributed by atoms with Crippen LogP contribution in [0, 0.1) is 6.92 Å². The third-order valence-electron chi connectivity index (χ3n) is 7.13. The third-order valence-corrected chi connectivity index (χ3v) is 7.13. The number of imidazole rings is 1. The molecule has 2 atom stereocenters. The van der Waals surface area contributed by atoms with Gasteiger partial charge in [0.25, 0.3) is 0 Å². The van der Waals surface area contributed by atoms with Gasteiger partial charge in [-0.1, -0.05) is 30.3 Å². The number of nitrogens with one attached hydrogen (secondary N) is 1. The van der Waals surface area contributed by atoms with Crippen molar-refractivity contribution in [2.24, 2.45) is 0 Å². The highest BCUT2D eigenvalue weighted by molar-refractivity contribution is 5.77. The molecule has 0 saturated heterocycles. The first kappa shape index (κ1) is 23.5. The topological polar surface area (TPSA) is 95.2 Å². The molecule has 2 N–H and O–H groups in total. The summed E-state index contributed by atoms with van der Waals surface area (Å²) in [7, 11) is 0. The second-order valence-electron chi connectivity index (χ2n) is 10.8. The molecule has 4 aromatic heterocycles. The molecule has 188 valence electrons. The zero-order chi connectivity index (χ0) is 25.7. The standard InChI is InChI=1S/C29H31N7O/c1-18-8-7-11-22(32-18)27-26(20-12-13-25-30-17-31-36(25)15-20)33-24(34-27)16-35(29(2,3)4)28-21-10-6-5-9-19(21)14-23(28)37/h5-13,15,17,23,28,37H,14,16H2,1-4H3,(H,33,34)/t23-,28-/m0/s1. The number of fused-ring (bicyclic) bond motifs is 2. The van der Waals surface area contributed by atoms with Gasteiger partial charge in [-0.05, 0) is 63.1 Å². The number of aromatic amines is 1. The summed E-state index contributed by atoms with van der Waals surface area (Å²) < 4.78 is 1.75. The van der Waals surface area contributed by atoms with E-state index in [2.05, 4.69) is 58.9 Å². The number of aromatic nitrogens is 6. The predicted molar refractivity (Wildman–Crippen MR) is 143 cm³/mol. The van der Waals surface area contributed by atoms with Crippen molar-refractivity contribution in [2.45, 2.75) is 58.3 Å². The molecule has 0 aliphatic heterocycles. The summed E-state index contributed by atoms with van der Waals surface area (Å²) in [5.41, 5.74) is 7.33. The van der Waals surface area contributed by atoms with Crippen molar-refractivity contribution in [3.8, 4) is 22.6 Å². The average Bonchev–Trinajstić information content (AvgIpc) is 3.58. The van der Waals surface area contributed by atoms with Crippen LogP contribution >= 0.6 is 0 Å². The van der Waals surface area contributed by atoms with Crippen LogP contribution in [0.2, 0.25) is 0 Å². The highest BCUT2D eigenvalue weighted by Gasteiger charge is 2.40. The smallest absolute Gasteiger partial charge is 0.155 e. The number of aliphatic hydroxyl groups is 1. The van der Waals surface area contributed by atoms with E-state index in [0.717, 1.165) is 39.8 Å². The second kappa shape index (κ2) is 8.90. The Labute approximate surface area is 216 Å². The van der Waals surface area contributed by atoms with E-state index in [1.165, 1.54) is 11.1 Å². The van der Waals surface area contributed by atoms with Crippen LogP contribution in [0.4, 0.5) is 0 Å². The molecule has 0 amide bonds. The van der Waals surface area contributed by atoms with Gasteiger partial charge in [-0.25, -0.2) is 14.5 Å². The molecule has 0 spiro atoms. The lowest BCUT2D eigenvalue weighted by molar-refractivity contribution is -0.000932. The maximum atomic E-state index is 11.2. The Morgan fingerprint density at radius 3 is 2.70 bits per heavy atom. The molecule has 5 aromatic rings. The van der Waals surface area contributed by atoms with Crippen LogP contribution in [0.1, 0.15) is 49.5 Å².